The Labute approximate surface area is 112 Å². The van der Waals surface area contributed by atoms with Gasteiger partial charge in [-0.25, -0.2) is 0 Å². The molecule has 0 aliphatic rings. The largest absolute Gasteiger partial charge is 0.294 e. The van der Waals surface area contributed by atoms with Gasteiger partial charge in [0.15, 0.2) is 11.6 Å². The van der Waals surface area contributed by atoms with E-state index in [1.807, 2.05) is 6.07 Å². The second-order valence-electron chi connectivity index (χ2n) is 3.97. The monoisotopic (exact) mass is 265 g/mol. The standard InChI is InChI=1S/C14H16ClNO2/c1-11(17)13(14(18)6-2-3-7-15)9-12-5-4-8-16-10-12/h4-5,8-10H,2-3,6-7H2,1H3. The van der Waals surface area contributed by atoms with Crippen molar-refractivity contribution in [2.24, 2.45) is 0 Å². The molecule has 18 heavy (non-hydrogen) atoms. The third-order valence-electron chi connectivity index (χ3n) is 2.46. The van der Waals surface area contributed by atoms with Gasteiger partial charge < -0.3 is 0 Å². The van der Waals surface area contributed by atoms with E-state index in [9.17, 15) is 9.59 Å². The number of hydrogen-bond donors (Lipinski definition) is 0. The van der Waals surface area contributed by atoms with Crippen molar-refractivity contribution < 1.29 is 9.59 Å². The minimum Gasteiger partial charge on any atom is -0.294 e. The predicted molar refractivity (Wildman–Crippen MR) is 72.5 cm³/mol. The lowest BCUT2D eigenvalue weighted by atomic mass is 10.0. The summed E-state index contributed by atoms with van der Waals surface area (Å²) in [4.78, 5) is 27.3. The predicted octanol–water partition coefficient (Wildman–Crippen LogP) is 3.03. The molecule has 0 saturated carbocycles. The lowest BCUT2D eigenvalue weighted by Crippen LogP contribution is -2.10. The van der Waals surface area contributed by atoms with Gasteiger partial charge in [-0.3, -0.25) is 14.6 Å². The number of pyridine rings is 1. The zero-order valence-corrected chi connectivity index (χ0v) is 11.1. The fourth-order valence-corrected chi connectivity index (χ4v) is 1.71. The van der Waals surface area contributed by atoms with Crippen molar-refractivity contribution in [1.29, 1.82) is 0 Å². The number of allylic oxidation sites excluding steroid dienone is 1. The molecule has 96 valence electrons. The number of halogens is 1. The van der Waals surface area contributed by atoms with Crippen LogP contribution in [0.4, 0.5) is 0 Å². The molecule has 1 heterocycles. The molecular formula is C14H16ClNO2. The first kappa shape index (κ1) is 14.6. The number of alkyl halides is 1. The Morgan fingerprint density at radius 2 is 2.17 bits per heavy atom. The Kier molecular flexibility index (Phi) is 6.29. The number of carbonyl (C=O) groups excluding carboxylic acids is 2. The Bertz CT molecular complexity index is 440. The second-order valence-corrected chi connectivity index (χ2v) is 4.35. The smallest absolute Gasteiger partial charge is 0.166 e. The number of rotatable bonds is 7. The number of hydrogen-bond acceptors (Lipinski definition) is 3. The van der Waals surface area contributed by atoms with Crippen LogP contribution in [0.15, 0.2) is 30.1 Å². The number of aromatic nitrogens is 1. The van der Waals surface area contributed by atoms with Gasteiger partial charge >= 0.3 is 0 Å². The summed E-state index contributed by atoms with van der Waals surface area (Å²) in [7, 11) is 0. The van der Waals surface area contributed by atoms with Gasteiger partial charge in [-0.05, 0) is 37.5 Å². The molecule has 0 aliphatic heterocycles. The number of nitrogens with zero attached hydrogens (tertiary/aromatic N) is 1. The third kappa shape index (κ3) is 4.80. The highest BCUT2D eigenvalue weighted by Gasteiger charge is 2.13. The van der Waals surface area contributed by atoms with Crippen LogP contribution >= 0.6 is 11.6 Å². The van der Waals surface area contributed by atoms with E-state index in [0.717, 1.165) is 12.0 Å². The Morgan fingerprint density at radius 1 is 1.39 bits per heavy atom. The van der Waals surface area contributed by atoms with Gasteiger partial charge in [-0.2, -0.15) is 0 Å². The minimum atomic E-state index is -0.213. The molecule has 0 amide bonds. The van der Waals surface area contributed by atoms with Crippen LogP contribution in [0.5, 0.6) is 0 Å². The maximum Gasteiger partial charge on any atom is 0.166 e. The lowest BCUT2D eigenvalue weighted by Gasteiger charge is -2.03. The molecule has 0 aromatic carbocycles. The molecule has 0 spiro atoms. The van der Waals surface area contributed by atoms with Gasteiger partial charge in [0.05, 0.1) is 5.57 Å². The Morgan fingerprint density at radius 3 is 2.72 bits per heavy atom. The first-order valence-corrected chi connectivity index (χ1v) is 6.40. The highest BCUT2D eigenvalue weighted by Crippen LogP contribution is 2.11. The summed E-state index contributed by atoms with van der Waals surface area (Å²) in [5.41, 5.74) is 0.992. The van der Waals surface area contributed by atoms with Gasteiger partial charge in [0.25, 0.3) is 0 Å². The van der Waals surface area contributed by atoms with E-state index in [1.165, 1.54) is 6.92 Å². The van der Waals surface area contributed by atoms with Gasteiger partial charge in [-0.1, -0.05) is 6.07 Å². The Balaban J connectivity index is 2.80. The topological polar surface area (TPSA) is 47.0 Å². The number of Topliss-reactive ketones (excluding diaryl/α,β-unsaturated/α-hetero) is 2. The van der Waals surface area contributed by atoms with Crippen LogP contribution in [0.3, 0.4) is 0 Å². The van der Waals surface area contributed by atoms with Crippen molar-refractivity contribution in [1.82, 2.24) is 4.98 Å². The van der Waals surface area contributed by atoms with Crippen LogP contribution in [-0.4, -0.2) is 22.4 Å². The van der Waals surface area contributed by atoms with E-state index < -0.39 is 0 Å². The Hall–Kier alpha value is -1.48. The molecule has 0 saturated heterocycles. The van der Waals surface area contributed by atoms with E-state index in [4.69, 9.17) is 11.6 Å². The summed E-state index contributed by atoms with van der Waals surface area (Å²) in [5.74, 6) is 0.195. The summed E-state index contributed by atoms with van der Waals surface area (Å²) >= 11 is 5.56. The number of ketones is 2. The fraction of sp³-hybridized carbons (Fsp3) is 0.357. The van der Waals surface area contributed by atoms with E-state index in [0.29, 0.717) is 18.7 Å². The molecule has 4 heteroatoms. The van der Waals surface area contributed by atoms with E-state index >= 15 is 0 Å². The molecule has 1 aromatic rings. The van der Waals surface area contributed by atoms with Crippen LogP contribution in [0.1, 0.15) is 31.7 Å². The average molecular weight is 266 g/mol. The molecule has 0 fully saturated rings. The van der Waals surface area contributed by atoms with Gasteiger partial charge in [0, 0.05) is 24.7 Å². The summed E-state index contributed by atoms with van der Waals surface area (Å²) in [6.07, 6.45) is 6.71. The van der Waals surface area contributed by atoms with Gasteiger partial charge in [-0.15, -0.1) is 11.6 Å². The quantitative estimate of drug-likeness (QED) is 0.250. The van der Waals surface area contributed by atoms with Crippen molar-refractivity contribution in [3.05, 3.63) is 35.7 Å². The third-order valence-corrected chi connectivity index (χ3v) is 2.73. The average Bonchev–Trinajstić information content (AvgIpc) is 2.37. The summed E-state index contributed by atoms with van der Waals surface area (Å²) in [6, 6.07) is 3.57. The van der Waals surface area contributed by atoms with Crippen LogP contribution in [0, 0.1) is 0 Å². The molecule has 0 N–H and O–H groups in total. The molecular weight excluding hydrogens is 250 g/mol. The fourth-order valence-electron chi connectivity index (χ4n) is 1.52. The zero-order valence-electron chi connectivity index (χ0n) is 10.4. The molecule has 0 bridgehead atoms. The van der Waals surface area contributed by atoms with Crippen LogP contribution in [0.2, 0.25) is 0 Å². The molecule has 0 atom stereocenters. The number of unbranched alkanes of at least 4 members (excludes halogenated alkanes) is 1. The molecule has 0 unspecified atom stereocenters. The SMILES string of the molecule is CC(=O)C(=Cc1cccnc1)C(=O)CCCCCl. The molecule has 1 aromatic heterocycles. The molecule has 1 rings (SSSR count). The summed E-state index contributed by atoms with van der Waals surface area (Å²) in [5, 5.41) is 0. The van der Waals surface area contributed by atoms with Crippen molar-refractivity contribution in [3.8, 4) is 0 Å². The highest BCUT2D eigenvalue weighted by atomic mass is 35.5. The van der Waals surface area contributed by atoms with Gasteiger partial charge in [0.2, 0.25) is 0 Å². The lowest BCUT2D eigenvalue weighted by molar-refractivity contribution is -0.120. The number of carbonyl (C=O) groups is 2. The molecule has 0 aliphatic carbocycles. The zero-order chi connectivity index (χ0) is 13.4. The van der Waals surface area contributed by atoms with Crippen molar-refractivity contribution >= 4 is 29.2 Å². The van der Waals surface area contributed by atoms with Crippen LogP contribution in [0.25, 0.3) is 6.08 Å². The van der Waals surface area contributed by atoms with Crippen molar-refractivity contribution in [2.45, 2.75) is 26.2 Å². The second kappa shape index (κ2) is 7.77. The van der Waals surface area contributed by atoms with E-state index in [-0.39, 0.29) is 17.1 Å². The normalized spacial score (nSPS) is 11.3. The first-order chi connectivity index (χ1) is 8.65. The maximum absolute atomic E-state index is 11.9. The van der Waals surface area contributed by atoms with Crippen molar-refractivity contribution in [2.75, 3.05) is 5.88 Å². The summed E-state index contributed by atoms with van der Waals surface area (Å²) < 4.78 is 0. The van der Waals surface area contributed by atoms with Crippen LogP contribution < -0.4 is 0 Å². The highest BCUT2D eigenvalue weighted by molar-refractivity contribution is 6.22. The first-order valence-electron chi connectivity index (χ1n) is 5.87. The maximum atomic E-state index is 11.9. The van der Waals surface area contributed by atoms with Crippen LogP contribution in [-0.2, 0) is 9.59 Å². The molecule has 3 nitrogen and oxygen atoms in total. The van der Waals surface area contributed by atoms with Gasteiger partial charge in [0.1, 0.15) is 0 Å². The minimum absolute atomic E-state index is 0.128. The molecule has 0 radical (unpaired) electrons. The van der Waals surface area contributed by atoms with E-state index in [1.54, 1.807) is 24.5 Å². The van der Waals surface area contributed by atoms with E-state index in [2.05, 4.69) is 4.98 Å². The van der Waals surface area contributed by atoms with Crippen molar-refractivity contribution in [3.63, 3.8) is 0 Å². The summed E-state index contributed by atoms with van der Waals surface area (Å²) in [6.45, 7) is 1.40.